The Balaban J connectivity index is 3.17. The van der Waals surface area contributed by atoms with Crippen LogP contribution < -0.4 is 0 Å². The first kappa shape index (κ1) is 6.49. The number of rotatable bonds is 0. The molecule has 0 aliphatic carbocycles. The zero-order chi connectivity index (χ0) is 6.85. The van der Waals surface area contributed by atoms with E-state index in [1.165, 1.54) is 0 Å². The third kappa shape index (κ3) is 1.64. The molecule has 0 aliphatic rings. The van der Waals surface area contributed by atoms with E-state index in [0.29, 0.717) is 6.07 Å². The number of benzene rings is 1. The van der Waals surface area contributed by atoms with Crippen LogP contribution in [0.25, 0.3) is 0 Å². The van der Waals surface area contributed by atoms with Crippen LogP contribution >= 0.6 is 11.6 Å². The Labute approximate surface area is 56.1 Å². The molecule has 0 spiro atoms. The van der Waals surface area contributed by atoms with Crippen molar-refractivity contribution in [1.82, 2.24) is 0 Å². The first-order valence-corrected chi connectivity index (χ1v) is 2.60. The summed E-state index contributed by atoms with van der Waals surface area (Å²) >= 11 is 5.21. The highest BCUT2D eigenvalue weighted by Crippen LogP contribution is 2.11. The minimum Gasteiger partial charge on any atom is -0.207 e. The van der Waals surface area contributed by atoms with Crippen molar-refractivity contribution in [1.29, 1.82) is 0 Å². The van der Waals surface area contributed by atoms with Crippen LogP contribution in [-0.2, 0) is 0 Å². The van der Waals surface area contributed by atoms with Gasteiger partial charge in [-0.3, -0.25) is 0 Å². The van der Waals surface area contributed by atoms with Crippen molar-refractivity contribution in [2.75, 3.05) is 0 Å². The molecule has 0 amide bonds. The Morgan fingerprint density at radius 3 is 2.44 bits per heavy atom. The number of halogens is 3. The summed E-state index contributed by atoms with van der Waals surface area (Å²) in [6, 6.07) is 3.77. The van der Waals surface area contributed by atoms with E-state index < -0.39 is 11.6 Å². The second kappa shape index (κ2) is 2.31. The van der Waals surface area contributed by atoms with Gasteiger partial charge in [0.15, 0.2) is 0 Å². The minimum absolute atomic E-state index is 0.0486. The molecule has 0 N–H and O–H groups in total. The Morgan fingerprint density at radius 2 is 2.00 bits per heavy atom. The zero-order valence-electron chi connectivity index (χ0n) is 4.29. The smallest absolute Gasteiger partial charge is 0.135 e. The molecule has 47 valence electrons. The molecule has 3 heteroatoms. The molecule has 0 saturated heterocycles. The Kier molecular flexibility index (Phi) is 1.67. The molecule has 0 saturated carbocycles. The lowest BCUT2D eigenvalue weighted by molar-refractivity contribution is 0.582. The second-order valence-electron chi connectivity index (χ2n) is 1.49. The lowest BCUT2D eigenvalue weighted by atomic mass is 10.3. The van der Waals surface area contributed by atoms with Gasteiger partial charge in [0.1, 0.15) is 11.6 Å². The lowest BCUT2D eigenvalue weighted by Crippen LogP contribution is -1.77. The fourth-order valence-electron chi connectivity index (χ4n) is 0.470. The molecule has 0 atom stereocenters. The van der Waals surface area contributed by atoms with E-state index in [0.717, 1.165) is 6.07 Å². The summed E-state index contributed by atoms with van der Waals surface area (Å²) in [5, 5.41) is -0.0486. The van der Waals surface area contributed by atoms with Gasteiger partial charge in [-0.05, 0) is 6.07 Å². The molecule has 0 fully saturated rings. The average molecular weight is 148 g/mol. The van der Waals surface area contributed by atoms with Crippen molar-refractivity contribution in [3.8, 4) is 0 Å². The first-order valence-electron chi connectivity index (χ1n) is 2.22. The van der Waals surface area contributed by atoms with Crippen molar-refractivity contribution in [2.24, 2.45) is 0 Å². The number of hydrogen-bond donors (Lipinski definition) is 0. The third-order valence-electron chi connectivity index (χ3n) is 0.768. The molecule has 1 aromatic rings. The average Bonchev–Trinajstić information content (AvgIpc) is 1.59. The van der Waals surface area contributed by atoms with Gasteiger partial charge in [-0.25, -0.2) is 8.78 Å². The molecule has 1 radical (unpaired) electrons. The largest absolute Gasteiger partial charge is 0.207 e. The number of hydrogen-bond acceptors (Lipinski definition) is 0. The van der Waals surface area contributed by atoms with Crippen LogP contribution in [0.5, 0.6) is 0 Å². The Bertz CT molecular complexity index is 172. The molecular weight excluding hydrogens is 146 g/mol. The van der Waals surface area contributed by atoms with Crippen molar-refractivity contribution in [3.63, 3.8) is 0 Å². The minimum atomic E-state index is -0.778. The van der Waals surface area contributed by atoms with E-state index in [-0.39, 0.29) is 5.02 Å². The predicted octanol–water partition coefficient (Wildman–Crippen LogP) is 2.42. The lowest BCUT2D eigenvalue weighted by Gasteiger charge is -1.88. The van der Waals surface area contributed by atoms with Crippen LogP contribution in [0.15, 0.2) is 12.1 Å². The summed E-state index contributed by atoms with van der Waals surface area (Å²) in [5.41, 5.74) is 0. The van der Waals surface area contributed by atoms with Crippen molar-refractivity contribution >= 4 is 11.6 Å². The fourth-order valence-corrected chi connectivity index (χ4v) is 0.665. The van der Waals surface area contributed by atoms with Crippen molar-refractivity contribution in [2.45, 2.75) is 0 Å². The third-order valence-corrected chi connectivity index (χ3v) is 0.972. The van der Waals surface area contributed by atoms with Gasteiger partial charge in [0, 0.05) is 12.1 Å². The molecular formula is C6H2ClF2. The summed E-state index contributed by atoms with van der Waals surface area (Å²) in [7, 11) is 0. The Hall–Kier alpha value is -0.630. The predicted molar refractivity (Wildman–Crippen MR) is 30.2 cm³/mol. The maximum Gasteiger partial charge on any atom is 0.135 e. The van der Waals surface area contributed by atoms with E-state index in [1.54, 1.807) is 0 Å². The van der Waals surface area contributed by atoms with E-state index in [2.05, 4.69) is 6.07 Å². The van der Waals surface area contributed by atoms with Crippen molar-refractivity contribution < 1.29 is 8.78 Å². The highest BCUT2D eigenvalue weighted by molar-refractivity contribution is 6.30. The standard InChI is InChI=1S/C6H2ClF2/c7-4-1-5(8)3-6(9)2-4/h1,3H. The van der Waals surface area contributed by atoms with Crippen LogP contribution in [0.4, 0.5) is 8.78 Å². The summed E-state index contributed by atoms with van der Waals surface area (Å²) < 4.78 is 24.1. The quantitative estimate of drug-likeness (QED) is 0.529. The van der Waals surface area contributed by atoms with E-state index in [1.807, 2.05) is 0 Å². The fraction of sp³-hybridized carbons (Fsp3) is 0. The van der Waals surface area contributed by atoms with Crippen LogP contribution in [-0.4, -0.2) is 0 Å². The topological polar surface area (TPSA) is 0 Å². The van der Waals surface area contributed by atoms with Crippen LogP contribution in [0.2, 0.25) is 5.02 Å². The van der Waals surface area contributed by atoms with Gasteiger partial charge in [-0.15, -0.1) is 0 Å². The van der Waals surface area contributed by atoms with Crippen LogP contribution in [0, 0.1) is 17.7 Å². The molecule has 0 aromatic heterocycles. The van der Waals surface area contributed by atoms with Gasteiger partial charge in [0.2, 0.25) is 0 Å². The molecule has 0 heterocycles. The molecule has 0 bridgehead atoms. The maximum absolute atomic E-state index is 12.1. The van der Waals surface area contributed by atoms with Crippen molar-refractivity contribution in [3.05, 3.63) is 34.9 Å². The molecule has 0 nitrogen and oxygen atoms in total. The van der Waals surface area contributed by atoms with E-state index in [9.17, 15) is 8.78 Å². The highest BCUT2D eigenvalue weighted by Gasteiger charge is 1.96. The van der Waals surface area contributed by atoms with Gasteiger partial charge in [-0.2, -0.15) is 0 Å². The summed E-state index contributed by atoms with van der Waals surface area (Å²) in [6.07, 6.45) is 0. The maximum atomic E-state index is 12.1. The molecule has 0 aliphatic heterocycles. The normalized spacial score (nSPS) is 9.67. The zero-order valence-corrected chi connectivity index (χ0v) is 5.04. The monoisotopic (exact) mass is 147 g/mol. The molecule has 1 rings (SSSR count). The SMILES string of the molecule is Fc1[c]c(Cl)cc(F)c1. The summed E-state index contributed by atoms with van der Waals surface area (Å²) in [5.74, 6) is -1.46. The summed E-state index contributed by atoms with van der Waals surface area (Å²) in [4.78, 5) is 0. The molecule has 0 unspecified atom stereocenters. The molecule has 1 aromatic carbocycles. The van der Waals surface area contributed by atoms with E-state index >= 15 is 0 Å². The van der Waals surface area contributed by atoms with E-state index in [4.69, 9.17) is 11.6 Å². The van der Waals surface area contributed by atoms with Gasteiger partial charge in [0.25, 0.3) is 0 Å². The highest BCUT2D eigenvalue weighted by atomic mass is 35.5. The molecule has 9 heavy (non-hydrogen) atoms. The van der Waals surface area contributed by atoms with Crippen LogP contribution in [0.1, 0.15) is 0 Å². The van der Waals surface area contributed by atoms with Gasteiger partial charge >= 0.3 is 0 Å². The van der Waals surface area contributed by atoms with Gasteiger partial charge in [-0.1, -0.05) is 11.6 Å². The van der Waals surface area contributed by atoms with Gasteiger partial charge < -0.3 is 0 Å². The second-order valence-corrected chi connectivity index (χ2v) is 1.90. The summed E-state index contributed by atoms with van der Waals surface area (Å²) in [6.45, 7) is 0. The Morgan fingerprint density at radius 1 is 1.33 bits per heavy atom. The van der Waals surface area contributed by atoms with Crippen LogP contribution in [0.3, 0.4) is 0 Å². The van der Waals surface area contributed by atoms with Gasteiger partial charge in [0.05, 0.1) is 5.02 Å². The first-order chi connectivity index (χ1) is 4.18.